The predicted octanol–water partition coefficient (Wildman–Crippen LogP) is 2.23. The SMILES string of the molecule is CC(C)(C)OC(=O)CN1CCN(CC(=O)O)CCN(CC(=O)O)CCN(Cc2c(Cl)cccc2Cl)CC1. The summed E-state index contributed by atoms with van der Waals surface area (Å²) in [7, 11) is 0. The number of halogens is 2. The van der Waals surface area contributed by atoms with Crippen LogP contribution in [0.3, 0.4) is 0 Å². The second kappa shape index (κ2) is 14.8. The Balaban J connectivity index is 2.25. The number of carbonyl (C=O) groups excluding carboxylic acids is 1. The Morgan fingerprint density at radius 3 is 1.51 bits per heavy atom. The largest absolute Gasteiger partial charge is 0.480 e. The van der Waals surface area contributed by atoms with Crippen LogP contribution in [-0.2, 0) is 25.7 Å². The number of carboxylic acid groups (broad SMARTS) is 2. The highest BCUT2D eigenvalue weighted by molar-refractivity contribution is 6.35. The molecule has 208 valence electrons. The Kier molecular flexibility index (Phi) is 12.5. The maximum Gasteiger partial charge on any atom is 0.320 e. The topological polar surface area (TPSA) is 114 Å². The van der Waals surface area contributed by atoms with Gasteiger partial charge in [0.05, 0.1) is 19.6 Å². The van der Waals surface area contributed by atoms with Gasteiger partial charge < -0.3 is 14.9 Å². The highest BCUT2D eigenvalue weighted by Gasteiger charge is 2.23. The Bertz CT molecular complexity index is 907. The van der Waals surface area contributed by atoms with Crippen LogP contribution in [0.25, 0.3) is 0 Å². The van der Waals surface area contributed by atoms with E-state index in [1.54, 1.807) is 28.0 Å². The number of rotatable bonds is 8. The normalized spacial score (nSPS) is 18.1. The van der Waals surface area contributed by atoms with Gasteiger partial charge in [0.1, 0.15) is 5.60 Å². The quantitative estimate of drug-likeness (QED) is 0.458. The number of benzene rings is 1. The molecule has 37 heavy (non-hydrogen) atoms. The van der Waals surface area contributed by atoms with Crippen LogP contribution in [-0.4, -0.2) is 125 Å². The van der Waals surface area contributed by atoms with Gasteiger partial charge in [0.2, 0.25) is 0 Å². The molecule has 0 aromatic heterocycles. The molecule has 0 unspecified atom stereocenters. The van der Waals surface area contributed by atoms with Crippen LogP contribution in [0.1, 0.15) is 26.3 Å². The number of hydrogen-bond acceptors (Lipinski definition) is 8. The summed E-state index contributed by atoms with van der Waals surface area (Å²) in [5.41, 5.74) is 0.174. The summed E-state index contributed by atoms with van der Waals surface area (Å²) in [4.78, 5) is 43.1. The molecule has 0 bridgehead atoms. The monoisotopic (exact) mass is 560 g/mol. The Morgan fingerprint density at radius 1 is 0.757 bits per heavy atom. The van der Waals surface area contributed by atoms with Crippen molar-refractivity contribution >= 4 is 41.1 Å². The molecule has 1 aromatic rings. The van der Waals surface area contributed by atoms with E-state index in [0.717, 1.165) is 5.56 Å². The van der Waals surface area contributed by atoms with E-state index in [0.29, 0.717) is 68.9 Å². The zero-order valence-corrected chi connectivity index (χ0v) is 23.3. The lowest BCUT2D eigenvalue weighted by atomic mass is 10.2. The van der Waals surface area contributed by atoms with E-state index in [-0.39, 0.29) is 25.6 Å². The van der Waals surface area contributed by atoms with Gasteiger partial charge in [-0.15, -0.1) is 0 Å². The van der Waals surface area contributed by atoms with Gasteiger partial charge >= 0.3 is 17.9 Å². The standard InChI is InChI=1S/C25H38Cl2N4O6/c1-25(2,3)37-24(36)18-31-13-8-28(15-19-20(26)5-4-6-21(19)27)7-9-29(16-22(32)33)10-11-30(12-14-31)17-23(34)35/h4-6H,7-18H2,1-3H3,(H,32,33)(H,34,35). The maximum absolute atomic E-state index is 12.6. The van der Waals surface area contributed by atoms with Crippen LogP contribution in [0.15, 0.2) is 18.2 Å². The lowest BCUT2D eigenvalue weighted by Crippen LogP contribution is -2.48. The van der Waals surface area contributed by atoms with Crippen LogP contribution >= 0.6 is 23.2 Å². The van der Waals surface area contributed by atoms with Gasteiger partial charge in [0.15, 0.2) is 0 Å². The van der Waals surface area contributed by atoms with Crippen LogP contribution in [0, 0.1) is 0 Å². The summed E-state index contributed by atoms with van der Waals surface area (Å²) >= 11 is 12.8. The van der Waals surface area contributed by atoms with E-state index in [9.17, 15) is 24.6 Å². The third-order valence-corrected chi connectivity index (χ3v) is 6.57. The number of esters is 1. The Hall–Kier alpha value is -1.95. The molecule has 0 atom stereocenters. The molecule has 0 amide bonds. The fourth-order valence-corrected chi connectivity index (χ4v) is 4.57. The molecule has 1 aromatic carbocycles. The summed E-state index contributed by atoms with van der Waals surface area (Å²) < 4.78 is 5.51. The molecule has 0 spiro atoms. The zero-order chi connectivity index (χ0) is 27.6. The average molecular weight is 562 g/mol. The van der Waals surface area contributed by atoms with Gasteiger partial charge in [-0.1, -0.05) is 29.3 Å². The Morgan fingerprint density at radius 2 is 1.14 bits per heavy atom. The average Bonchev–Trinajstić information content (AvgIpc) is 2.75. The smallest absolute Gasteiger partial charge is 0.320 e. The minimum absolute atomic E-state index is 0.0734. The second-order valence-corrected chi connectivity index (χ2v) is 11.0. The molecule has 0 saturated carbocycles. The molecule has 1 saturated heterocycles. The summed E-state index contributed by atoms with van der Waals surface area (Å²) in [6, 6.07) is 5.34. The fraction of sp³-hybridized carbons (Fsp3) is 0.640. The molecule has 1 aliphatic rings. The highest BCUT2D eigenvalue weighted by atomic mass is 35.5. The molecule has 1 fully saturated rings. The second-order valence-electron chi connectivity index (χ2n) is 10.2. The van der Waals surface area contributed by atoms with Crippen LogP contribution in [0.2, 0.25) is 10.0 Å². The van der Waals surface area contributed by atoms with Crippen LogP contribution in [0.4, 0.5) is 0 Å². The van der Waals surface area contributed by atoms with Crippen molar-refractivity contribution in [1.82, 2.24) is 19.6 Å². The Labute approximate surface area is 228 Å². The fourth-order valence-electron chi connectivity index (χ4n) is 4.06. The van der Waals surface area contributed by atoms with Gasteiger partial charge in [-0.25, -0.2) is 0 Å². The molecular weight excluding hydrogens is 523 g/mol. The van der Waals surface area contributed by atoms with E-state index < -0.39 is 17.5 Å². The summed E-state index contributed by atoms with van der Waals surface area (Å²) in [5, 5.41) is 19.9. The number of carbonyl (C=O) groups is 3. The first kappa shape index (κ1) is 31.3. The lowest BCUT2D eigenvalue weighted by molar-refractivity contribution is -0.156. The van der Waals surface area contributed by atoms with Gasteiger partial charge in [0, 0.05) is 74.5 Å². The third kappa shape index (κ3) is 12.4. The first-order valence-electron chi connectivity index (χ1n) is 12.3. The minimum Gasteiger partial charge on any atom is -0.480 e. The van der Waals surface area contributed by atoms with Crippen LogP contribution in [0.5, 0.6) is 0 Å². The van der Waals surface area contributed by atoms with Crippen molar-refractivity contribution in [3.05, 3.63) is 33.8 Å². The van der Waals surface area contributed by atoms with E-state index in [2.05, 4.69) is 4.90 Å². The number of ether oxygens (including phenoxy) is 1. The molecule has 1 aliphatic heterocycles. The highest BCUT2D eigenvalue weighted by Crippen LogP contribution is 2.25. The molecule has 0 radical (unpaired) electrons. The lowest BCUT2D eigenvalue weighted by Gasteiger charge is -2.33. The van der Waals surface area contributed by atoms with E-state index in [1.807, 2.05) is 25.7 Å². The van der Waals surface area contributed by atoms with Crippen molar-refractivity contribution in [3.63, 3.8) is 0 Å². The summed E-state index contributed by atoms with van der Waals surface area (Å²) in [6.45, 7) is 9.37. The molecule has 12 heteroatoms. The molecule has 2 rings (SSSR count). The summed E-state index contributed by atoms with van der Waals surface area (Å²) in [5.74, 6) is -2.25. The third-order valence-electron chi connectivity index (χ3n) is 5.86. The summed E-state index contributed by atoms with van der Waals surface area (Å²) in [6.07, 6.45) is 0. The van der Waals surface area contributed by atoms with Gasteiger partial charge in [-0.05, 0) is 32.9 Å². The van der Waals surface area contributed by atoms with Crippen molar-refractivity contribution in [2.75, 3.05) is 72.0 Å². The van der Waals surface area contributed by atoms with Gasteiger partial charge in [0.25, 0.3) is 0 Å². The number of hydrogen-bond donors (Lipinski definition) is 2. The van der Waals surface area contributed by atoms with E-state index in [4.69, 9.17) is 27.9 Å². The molecule has 10 nitrogen and oxygen atoms in total. The zero-order valence-electron chi connectivity index (χ0n) is 21.8. The van der Waals surface area contributed by atoms with Crippen molar-refractivity contribution < 1.29 is 29.3 Å². The predicted molar refractivity (Wildman–Crippen MR) is 142 cm³/mol. The number of nitrogens with zero attached hydrogens (tertiary/aromatic N) is 4. The molecular formula is C25H38Cl2N4O6. The molecule has 0 aliphatic carbocycles. The van der Waals surface area contributed by atoms with E-state index >= 15 is 0 Å². The first-order valence-corrected chi connectivity index (χ1v) is 13.1. The first-order chi connectivity index (χ1) is 17.3. The van der Waals surface area contributed by atoms with Crippen molar-refractivity contribution in [1.29, 1.82) is 0 Å². The number of aliphatic carboxylic acids is 2. The van der Waals surface area contributed by atoms with Crippen molar-refractivity contribution in [3.8, 4) is 0 Å². The number of carboxylic acids is 2. The van der Waals surface area contributed by atoms with Gasteiger partial charge in [-0.3, -0.25) is 34.0 Å². The maximum atomic E-state index is 12.6. The van der Waals surface area contributed by atoms with Crippen molar-refractivity contribution in [2.45, 2.75) is 32.9 Å². The van der Waals surface area contributed by atoms with Crippen LogP contribution < -0.4 is 0 Å². The van der Waals surface area contributed by atoms with E-state index in [1.165, 1.54) is 0 Å². The van der Waals surface area contributed by atoms with Gasteiger partial charge in [-0.2, -0.15) is 0 Å². The minimum atomic E-state index is -0.960. The molecule has 1 heterocycles. The van der Waals surface area contributed by atoms with Crippen molar-refractivity contribution in [2.24, 2.45) is 0 Å². The molecule has 2 N–H and O–H groups in total.